The number of aromatic nitrogens is 1. The number of nitrogens with zero attached hydrogens (tertiary/aromatic N) is 1. The van der Waals surface area contributed by atoms with E-state index in [1.165, 1.54) is 36.5 Å². The van der Waals surface area contributed by atoms with Crippen molar-refractivity contribution in [2.75, 3.05) is 0 Å². The predicted octanol–water partition coefficient (Wildman–Crippen LogP) is 4.43. The Morgan fingerprint density at radius 1 is 0.971 bits per heavy atom. The molecule has 0 aliphatic rings. The third kappa shape index (κ3) is 3.99. The van der Waals surface area contributed by atoms with Crippen LogP contribution in [0.4, 0.5) is 17.6 Å². The van der Waals surface area contributed by atoms with Gasteiger partial charge >= 0.3 is 6.18 Å². The molecule has 4 rings (SSSR count). The molecule has 6 nitrogen and oxygen atoms in total. The normalized spacial score (nSPS) is 12.6. The van der Waals surface area contributed by atoms with Gasteiger partial charge in [-0.15, -0.1) is 0 Å². The zero-order valence-electron chi connectivity index (χ0n) is 17.2. The molecule has 0 radical (unpaired) electrons. The lowest BCUT2D eigenvalue weighted by atomic mass is 9.94. The number of phenolic OH excluding ortho intramolecular Hbond substituents is 2. The minimum Gasteiger partial charge on any atom is -0.508 e. The molecule has 1 heterocycles. The summed E-state index contributed by atoms with van der Waals surface area (Å²) in [7, 11) is 0. The fourth-order valence-corrected chi connectivity index (χ4v) is 3.76. The standard InChI is InChI=1S/C24H16F4N2O4/c25-20-7-12(1-6-19(20)24(26,27)28)18-10-30(13-2-4-14(32)5-3-13)23(34)22-16(18)8-15(33)9-17(22)21(29)11-31/h1-11,21,32-33H,29H2. The summed E-state index contributed by atoms with van der Waals surface area (Å²) in [5.74, 6) is -1.95. The summed E-state index contributed by atoms with van der Waals surface area (Å²) in [6.45, 7) is 0. The molecule has 0 bridgehead atoms. The van der Waals surface area contributed by atoms with Gasteiger partial charge in [-0.05, 0) is 59.7 Å². The van der Waals surface area contributed by atoms with Gasteiger partial charge < -0.3 is 20.7 Å². The van der Waals surface area contributed by atoms with Crippen molar-refractivity contribution in [3.63, 3.8) is 0 Å². The molecule has 10 heteroatoms. The van der Waals surface area contributed by atoms with Gasteiger partial charge in [0.1, 0.15) is 23.6 Å². The summed E-state index contributed by atoms with van der Waals surface area (Å²) in [5.41, 5.74) is 4.08. The summed E-state index contributed by atoms with van der Waals surface area (Å²) >= 11 is 0. The third-order valence-corrected chi connectivity index (χ3v) is 5.35. The van der Waals surface area contributed by atoms with Crippen molar-refractivity contribution in [1.29, 1.82) is 0 Å². The van der Waals surface area contributed by atoms with Crippen molar-refractivity contribution >= 4 is 17.1 Å². The minimum absolute atomic E-state index is 0.0146. The average molecular weight is 472 g/mol. The number of carbonyl (C=O) groups is 1. The summed E-state index contributed by atoms with van der Waals surface area (Å²) in [4.78, 5) is 24.8. The fourth-order valence-electron chi connectivity index (χ4n) is 3.76. The van der Waals surface area contributed by atoms with E-state index in [-0.39, 0.29) is 44.6 Å². The molecular weight excluding hydrogens is 456 g/mol. The molecule has 4 aromatic rings. The molecule has 1 aromatic heterocycles. The third-order valence-electron chi connectivity index (χ3n) is 5.35. The topological polar surface area (TPSA) is 106 Å². The van der Waals surface area contributed by atoms with Gasteiger partial charge in [0, 0.05) is 22.8 Å². The van der Waals surface area contributed by atoms with Gasteiger partial charge in [-0.1, -0.05) is 6.07 Å². The number of phenols is 2. The highest BCUT2D eigenvalue weighted by atomic mass is 19.4. The van der Waals surface area contributed by atoms with Crippen LogP contribution in [0.15, 0.2) is 65.6 Å². The van der Waals surface area contributed by atoms with E-state index in [9.17, 15) is 37.4 Å². The number of nitrogens with two attached hydrogens (primary N) is 1. The van der Waals surface area contributed by atoms with Crippen molar-refractivity contribution in [2.45, 2.75) is 12.2 Å². The van der Waals surface area contributed by atoms with Crippen molar-refractivity contribution in [1.82, 2.24) is 4.57 Å². The molecule has 174 valence electrons. The van der Waals surface area contributed by atoms with Crippen LogP contribution in [-0.4, -0.2) is 21.1 Å². The van der Waals surface area contributed by atoms with Gasteiger partial charge in [0.05, 0.1) is 17.0 Å². The first-order valence-electron chi connectivity index (χ1n) is 9.81. The zero-order valence-corrected chi connectivity index (χ0v) is 17.2. The Labute approximate surface area is 189 Å². The van der Waals surface area contributed by atoms with Crippen LogP contribution in [0, 0.1) is 5.82 Å². The Kier molecular flexibility index (Phi) is 5.62. The molecule has 4 N–H and O–H groups in total. The molecule has 3 aromatic carbocycles. The Hall–Kier alpha value is -4.18. The Morgan fingerprint density at radius 3 is 2.24 bits per heavy atom. The summed E-state index contributed by atoms with van der Waals surface area (Å²) in [6, 6.07) is 8.78. The van der Waals surface area contributed by atoms with Crippen LogP contribution in [0.2, 0.25) is 0 Å². The smallest absolute Gasteiger partial charge is 0.419 e. The molecule has 1 atom stereocenters. The van der Waals surface area contributed by atoms with Gasteiger partial charge in [0.25, 0.3) is 5.56 Å². The lowest BCUT2D eigenvalue weighted by Gasteiger charge is -2.17. The van der Waals surface area contributed by atoms with Crippen molar-refractivity contribution in [2.24, 2.45) is 5.73 Å². The van der Waals surface area contributed by atoms with Crippen LogP contribution >= 0.6 is 0 Å². The van der Waals surface area contributed by atoms with Crippen LogP contribution in [0.1, 0.15) is 17.2 Å². The summed E-state index contributed by atoms with van der Waals surface area (Å²) < 4.78 is 54.7. The number of alkyl halides is 3. The van der Waals surface area contributed by atoms with E-state index in [4.69, 9.17) is 5.73 Å². The van der Waals surface area contributed by atoms with Crippen molar-refractivity contribution in [3.8, 4) is 28.3 Å². The molecule has 0 aliphatic carbocycles. The number of fused-ring (bicyclic) bond motifs is 1. The summed E-state index contributed by atoms with van der Waals surface area (Å²) in [5, 5.41) is 19.8. The van der Waals surface area contributed by atoms with Crippen LogP contribution in [0.3, 0.4) is 0 Å². The van der Waals surface area contributed by atoms with Gasteiger partial charge in [0.2, 0.25) is 0 Å². The lowest BCUT2D eigenvalue weighted by molar-refractivity contribution is -0.140. The van der Waals surface area contributed by atoms with E-state index < -0.39 is 29.2 Å². The van der Waals surface area contributed by atoms with E-state index in [1.54, 1.807) is 0 Å². The Bertz CT molecular complexity index is 1480. The molecule has 1 unspecified atom stereocenters. The number of rotatable bonds is 4. The number of aldehydes is 1. The molecule has 34 heavy (non-hydrogen) atoms. The quantitative estimate of drug-likeness (QED) is 0.301. The Balaban J connectivity index is 2.12. The number of aromatic hydroxyl groups is 2. The fraction of sp³-hybridized carbons (Fsp3) is 0.0833. The van der Waals surface area contributed by atoms with Crippen molar-refractivity contribution < 1.29 is 32.6 Å². The SMILES string of the molecule is NC(C=O)c1cc(O)cc2c(-c3ccc(C(F)(F)F)c(F)c3)cn(-c3ccc(O)cc3)c(=O)c12. The molecule has 0 saturated heterocycles. The van der Waals surface area contributed by atoms with E-state index in [0.29, 0.717) is 18.4 Å². The first kappa shape index (κ1) is 23.0. The van der Waals surface area contributed by atoms with E-state index >= 15 is 0 Å². The highest BCUT2D eigenvalue weighted by Crippen LogP contribution is 2.37. The maximum atomic E-state index is 14.4. The van der Waals surface area contributed by atoms with Gasteiger partial charge in [-0.3, -0.25) is 9.36 Å². The van der Waals surface area contributed by atoms with E-state index in [2.05, 4.69) is 0 Å². The number of pyridine rings is 1. The maximum Gasteiger partial charge on any atom is 0.419 e. The van der Waals surface area contributed by atoms with Crippen LogP contribution in [-0.2, 0) is 11.0 Å². The largest absolute Gasteiger partial charge is 0.508 e. The molecule has 0 aliphatic heterocycles. The predicted molar refractivity (Wildman–Crippen MR) is 116 cm³/mol. The average Bonchev–Trinajstić information content (AvgIpc) is 2.78. The highest BCUT2D eigenvalue weighted by molar-refractivity contribution is 6.00. The zero-order chi connectivity index (χ0) is 24.8. The second kappa shape index (κ2) is 8.31. The van der Waals surface area contributed by atoms with Crippen LogP contribution in [0.5, 0.6) is 11.5 Å². The molecule has 0 amide bonds. The molecule has 0 saturated carbocycles. The lowest BCUT2D eigenvalue weighted by Crippen LogP contribution is -2.22. The monoisotopic (exact) mass is 472 g/mol. The summed E-state index contributed by atoms with van der Waals surface area (Å²) in [6.07, 6.45) is -3.27. The highest BCUT2D eigenvalue weighted by Gasteiger charge is 2.34. The van der Waals surface area contributed by atoms with E-state index in [1.807, 2.05) is 0 Å². The van der Waals surface area contributed by atoms with Gasteiger partial charge in [0.15, 0.2) is 0 Å². The van der Waals surface area contributed by atoms with E-state index in [0.717, 1.165) is 16.7 Å². The molecular formula is C24H16F4N2O4. The number of carbonyl (C=O) groups excluding carboxylic acids is 1. The van der Waals surface area contributed by atoms with Crippen LogP contribution in [0.25, 0.3) is 27.6 Å². The second-order valence-corrected chi connectivity index (χ2v) is 7.55. The number of hydrogen-bond donors (Lipinski definition) is 3. The van der Waals surface area contributed by atoms with Crippen molar-refractivity contribution in [3.05, 3.63) is 88.1 Å². The van der Waals surface area contributed by atoms with Crippen LogP contribution < -0.4 is 11.3 Å². The van der Waals surface area contributed by atoms with Gasteiger partial charge in [-0.25, -0.2) is 4.39 Å². The number of benzene rings is 3. The minimum atomic E-state index is -4.91. The number of halogens is 4. The first-order valence-corrected chi connectivity index (χ1v) is 9.81. The van der Waals surface area contributed by atoms with Gasteiger partial charge in [-0.2, -0.15) is 13.2 Å². The molecule has 0 spiro atoms. The number of hydrogen-bond acceptors (Lipinski definition) is 5. The maximum absolute atomic E-state index is 14.4. The molecule has 0 fully saturated rings. The Morgan fingerprint density at radius 2 is 1.65 bits per heavy atom. The second-order valence-electron chi connectivity index (χ2n) is 7.55. The first-order chi connectivity index (χ1) is 16.0.